The van der Waals surface area contributed by atoms with Crippen molar-refractivity contribution in [2.75, 3.05) is 19.8 Å². The van der Waals surface area contributed by atoms with E-state index in [1.54, 1.807) is 6.08 Å². The Labute approximate surface area is 498 Å². The lowest BCUT2D eigenvalue weighted by atomic mass is 9.99. The molecule has 0 saturated carbocycles. The van der Waals surface area contributed by atoms with Gasteiger partial charge in [-0.25, -0.2) is 0 Å². The van der Waals surface area contributed by atoms with Crippen LogP contribution in [0, 0.1) is 0 Å². The zero-order valence-corrected chi connectivity index (χ0v) is 52.8. The number of nitrogens with one attached hydrogen (secondary N) is 1. The quantitative estimate of drug-likeness (QED) is 0.0195. The molecule has 1 saturated heterocycles. The normalized spacial score (nSPS) is 18.4. The first-order chi connectivity index (χ1) is 39.7. The average molecular weight is 1150 g/mol. The average Bonchev–Trinajstić information content (AvgIpc) is 3.47. The molecule has 6 N–H and O–H groups in total. The van der Waals surface area contributed by atoms with Gasteiger partial charge in [-0.05, 0) is 83.5 Å². The highest BCUT2D eigenvalue weighted by atomic mass is 16.7. The van der Waals surface area contributed by atoms with Crippen LogP contribution in [0.15, 0.2) is 36.5 Å². The number of esters is 1. The standard InChI is InChI=1S/C70H131NO10/c1-3-5-7-9-11-13-14-15-31-35-38-42-46-50-54-58-66(75)79-59-55-51-47-43-39-36-33-30-28-26-24-22-20-18-16-17-19-21-23-25-27-29-32-34-37-41-45-49-53-57-65(74)71-62(63(73)56-52-48-44-40-12-10-8-6-4-2)61-80-70-69(78)68(77)67(76)64(60-72)81-70/h15-16,18,31,52,56,62-64,67-70,72-73,76-78H,3-14,17,19-30,32-51,53-55,57-61H2,1-2H3,(H,71,74)/b18-16-,31-15-,56-52+. The van der Waals surface area contributed by atoms with E-state index in [1.165, 1.54) is 250 Å². The van der Waals surface area contributed by atoms with Crippen molar-refractivity contribution in [1.29, 1.82) is 0 Å². The van der Waals surface area contributed by atoms with E-state index in [1.807, 2.05) is 6.08 Å². The van der Waals surface area contributed by atoms with Crippen LogP contribution in [0.25, 0.3) is 0 Å². The molecule has 476 valence electrons. The van der Waals surface area contributed by atoms with Crippen molar-refractivity contribution in [3.63, 3.8) is 0 Å². The molecule has 0 aromatic carbocycles. The fraction of sp³-hybridized carbons (Fsp3) is 0.886. The van der Waals surface area contributed by atoms with Crippen molar-refractivity contribution >= 4 is 11.9 Å². The number of hydrogen-bond acceptors (Lipinski definition) is 10. The summed E-state index contributed by atoms with van der Waals surface area (Å²) in [6.07, 6.45) is 65.8. The minimum Gasteiger partial charge on any atom is -0.466 e. The van der Waals surface area contributed by atoms with Crippen molar-refractivity contribution < 1.29 is 49.3 Å². The van der Waals surface area contributed by atoms with Crippen LogP contribution in [0.2, 0.25) is 0 Å². The van der Waals surface area contributed by atoms with E-state index in [4.69, 9.17) is 14.2 Å². The van der Waals surface area contributed by atoms with E-state index in [-0.39, 0.29) is 18.5 Å². The summed E-state index contributed by atoms with van der Waals surface area (Å²) in [5.41, 5.74) is 0. The molecule has 7 atom stereocenters. The number of aliphatic hydroxyl groups is 5. The van der Waals surface area contributed by atoms with Gasteiger partial charge in [-0.1, -0.05) is 275 Å². The number of aliphatic hydroxyl groups excluding tert-OH is 5. The summed E-state index contributed by atoms with van der Waals surface area (Å²) >= 11 is 0. The van der Waals surface area contributed by atoms with E-state index in [2.05, 4.69) is 43.5 Å². The SMILES string of the molecule is CCCCCCCC/C=C\CCCCCCCC(=O)OCCCCCCCCCCCCCC/C=C\CCCCCCCCCCCCCCCC(=O)NC(COC1OC(CO)C(O)C(O)C1O)C(O)/C=C/CCCCCCCCC. The zero-order valence-electron chi connectivity index (χ0n) is 52.8. The van der Waals surface area contributed by atoms with Crippen LogP contribution in [0.5, 0.6) is 0 Å². The third-order valence-corrected chi connectivity index (χ3v) is 16.5. The van der Waals surface area contributed by atoms with E-state index in [9.17, 15) is 35.1 Å². The van der Waals surface area contributed by atoms with Crippen LogP contribution >= 0.6 is 0 Å². The molecule has 1 fully saturated rings. The van der Waals surface area contributed by atoms with Crippen molar-refractivity contribution in [3.05, 3.63) is 36.5 Å². The molecule has 0 spiro atoms. The van der Waals surface area contributed by atoms with Crippen molar-refractivity contribution in [2.45, 2.75) is 378 Å². The second kappa shape index (κ2) is 59.6. The van der Waals surface area contributed by atoms with Crippen LogP contribution < -0.4 is 5.32 Å². The molecule has 1 rings (SSSR count). The summed E-state index contributed by atoms with van der Waals surface area (Å²) < 4.78 is 16.7. The van der Waals surface area contributed by atoms with Crippen LogP contribution in [0.3, 0.4) is 0 Å². The Hall–Kier alpha value is -2.12. The topological polar surface area (TPSA) is 175 Å². The van der Waals surface area contributed by atoms with Crippen LogP contribution in [0.4, 0.5) is 0 Å². The lowest BCUT2D eigenvalue weighted by Gasteiger charge is -2.40. The molecule has 81 heavy (non-hydrogen) atoms. The monoisotopic (exact) mass is 1150 g/mol. The molecule has 1 aliphatic rings. The molecule has 11 nitrogen and oxygen atoms in total. The lowest BCUT2D eigenvalue weighted by Crippen LogP contribution is -2.60. The van der Waals surface area contributed by atoms with Gasteiger partial charge in [0.15, 0.2) is 6.29 Å². The predicted molar refractivity (Wildman–Crippen MR) is 338 cm³/mol. The maximum atomic E-state index is 13.0. The maximum Gasteiger partial charge on any atom is 0.305 e. The summed E-state index contributed by atoms with van der Waals surface area (Å²) in [5.74, 6) is -0.182. The van der Waals surface area contributed by atoms with Crippen LogP contribution in [-0.4, -0.2) is 100 Å². The summed E-state index contributed by atoms with van der Waals surface area (Å²) in [7, 11) is 0. The fourth-order valence-electron chi connectivity index (χ4n) is 11.0. The van der Waals surface area contributed by atoms with Gasteiger partial charge >= 0.3 is 5.97 Å². The van der Waals surface area contributed by atoms with Gasteiger partial charge in [0.25, 0.3) is 0 Å². The third-order valence-electron chi connectivity index (χ3n) is 16.5. The summed E-state index contributed by atoms with van der Waals surface area (Å²) in [5, 5.41) is 54.3. The summed E-state index contributed by atoms with van der Waals surface area (Å²) in [4.78, 5) is 25.1. The predicted octanol–water partition coefficient (Wildman–Crippen LogP) is 17.4. The molecule has 11 heteroatoms. The molecule has 1 aliphatic heterocycles. The van der Waals surface area contributed by atoms with Gasteiger partial charge in [0, 0.05) is 12.8 Å². The smallest absolute Gasteiger partial charge is 0.305 e. The number of unbranched alkanes of at least 4 members (excludes halogenated alkanes) is 43. The highest BCUT2D eigenvalue weighted by Gasteiger charge is 2.44. The molecule has 7 unspecified atom stereocenters. The van der Waals surface area contributed by atoms with Crippen molar-refractivity contribution in [1.82, 2.24) is 5.32 Å². The van der Waals surface area contributed by atoms with Crippen LogP contribution in [-0.2, 0) is 23.8 Å². The summed E-state index contributed by atoms with van der Waals surface area (Å²) in [6, 6.07) is -0.808. The van der Waals surface area contributed by atoms with Crippen LogP contribution in [0.1, 0.15) is 335 Å². The van der Waals surface area contributed by atoms with E-state index >= 15 is 0 Å². The minimum absolute atomic E-state index is 0.0000143. The summed E-state index contributed by atoms with van der Waals surface area (Å²) in [6.45, 7) is 4.33. The molecule has 0 aliphatic carbocycles. The van der Waals surface area contributed by atoms with Gasteiger partial charge in [-0.3, -0.25) is 9.59 Å². The molecule has 0 bridgehead atoms. The van der Waals surface area contributed by atoms with E-state index in [0.717, 1.165) is 57.8 Å². The minimum atomic E-state index is -1.57. The highest BCUT2D eigenvalue weighted by Crippen LogP contribution is 2.23. The Bertz CT molecular complexity index is 1440. The Morgan fingerprint density at radius 2 is 0.790 bits per heavy atom. The molecule has 0 aromatic rings. The number of amides is 1. The van der Waals surface area contributed by atoms with Crippen molar-refractivity contribution in [3.8, 4) is 0 Å². The Balaban J connectivity index is 1.92. The highest BCUT2D eigenvalue weighted by molar-refractivity contribution is 5.76. The maximum absolute atomic E-state index is 13.0. The van der Waals surface area contributed by atoms with Gasteiger partial charge in [0.2, 0.25) is 5.91 Å². The Morgan fingerprint density at radius 3 is 1.19 bits per heavy atom. The largest absolute Gasteiger partial charge is 0.466 e. The fourth-order valence-corrected chi connectivity index (χ4v) is 11.0. The van der Waals surface area contributed by atoms with Gasteiger partial charge in [-0.15, -0.1) is 0 Å². The second-order valence-corrected chi connectivity index (χ2v) is 24.2. The van der Waals surface area contributed by atoms with E-state index < -0.39 is 49.5 Å². The zero-order chi connectivity index (χ0) is 58.7. The molecular weight excluding hydrogens is 1010 g/mol. The number of ether oxygens (including phenoxy) is 3. The van der Waals surface area contributed by atoms with Crippen molar-refractivity contribution in [2.24, 2.45) is 0 Å². The molecule has 0 aromatic heterocycles. The van der Waals surface area contributed by atoms with Gasteiger partial charge in [-0.2, -0.15) is 0 Å². The number of carbonyl (C=O) groups is 2. The number of allylic oxidation sites excluding steroid dienone is 5. The first kappa shape index (κ1) is 76.9. The van der Waals surface area contributed by atoms with Gasteiger partial charge < -0.3 is 45.1 Å². The molecule has 1 amide bonds. The van der Waals surface area contributed by atoms with E-state index in [0.29, 0.717) is 19.4 Å². The first-order valence-corrected chi connectivity index (χ1v) is 34.8. The number of hydrogen-bond donors (Lipinski definition) is 6. The van der Waals surface area contributed by atoms with Gasteiger partial charge in [0.1, 0.15) is 24.4 Å². The Kier molecular flexibility index (Phi) is 56.6. The van der Waals surface area contributed by atoms with Gasteiger partial charge in [0.05, 0.1) is 32.0 Å². The number of rotatable bonds is 61. The molecular formula is C70H131NO10. The lowest BCUT2D eigenvalue weighted by molar-refractivity contribution is -0.302. The molecule has 1 heterocycles. The first-order valence-electron chi connectivity index (χ1n) is 34.8. The third kappa shape index (κ3) is 48.8. The Morgan fingerprint density at radius 1 is 0.444 bits per heavy atom. The molecule has 0 radical (unpaired) electrons. The second-order valence-electron chi connectivity index (χ2n) is 24.2. The number of carbonyl (C=O) groups excluding carboxylic acids is 2.